The fraction of sp³-hybridized carbons (Fsp3) is 0.800. The highest BCUT2D eigenvalue weighted by Gasteiger charge is 1.96. The average molecular weight is 133 g/mol. The van der Waals surface area contributed by atoms with Gasteiger partial charge in [0.2, 0.25) is 0 Å². The van der Waals surface area contributed by atoms with Crippen molar-refractivity contribution in [3.63, 3.8) is 0 Å². The highest BCUT2D eigenvalue weighted by molar-refractivity contribution is 5.66. The molecule has 4 heteroatoms. The predicted octanol–water partition coefficient (Wildman–Crippen LogP) is 0.684. The Kier molecular flexibility index (Phi) is 4.91. The van der Waals surface area contributed by atoms with Gasteiger partial charge in [-0.25, -0.2) is 4.79 Å². The van der Waals surface area contributed by atoms with Gasteiger partial charge in [0.25, 0.3) is 0 Å². The van der Waals surface area contributed by atoms with Crippen molar-refractivity contribution in [2.45, 2.75) is 13.3 Å². The van der Waals surface area contributed by atoms with Crippen LogP contribution in [-0.2, 0) is 9.78 Å². The highest BCUT2D eigenvalue weighted by atomic mass is 17.2. The molecule has 0 spiro atoms. The zero-order valence-corrected chi connectivity index (χ0v) is 5.64. The summed E-state index contributed by atoms with van der Waals surface area (Å²) >= 11 is 0. The van der Waals surface area contributed by atoms with E-state index in [2.05, 4.69) is 15.1 Å². The lowest BCUT2D eigenvalue weighted by Gasteiger charge is -1.99. The van der Waals surface area contributed by atoms with Gasteiger partial charge in [0, 0.05) is 6.54 Å². The van der Waals surface area contributed by atoms with Crippen LogP contribution in [0.25, 0.3) is 0 Å². The molecule has 0 heterocycles. The maximum Gasteiger partial charge on any atom is 0.438 e. The van der Waals surface area contributed by atoms with Crippen molar-refractivity contribution in [3.05, 3.63) is 0 Å². The molecule has 0 unspecified atom stereocenters. The molecule has 0 radical (unpaired) electrons. The molecule has 54 valence electrons. The molecule has 1 amide bonds. The van der Waals surface area contributed by atoms with Crippen molar-refractivity contribution < 1.29 is 14.6 Å². The summed E-state index contributed by atoms with van der Waals surface area (Å²) in [5.41, 5.74) is 0. The normalized spacial score (nSPS) is 8.67. The first kappa shape index (κ1) is 8.23. The third-order valence-electron chi connectivity index (χ3n) is 0.678. The summed E-state index contributed by atoms with van der Waals surface area (Å²) in [5, 5.41) is 2.45. The van der Waals surface area contributed by atoms with Crippen molar-refractivity contribution in [1.29, 1.82) is 0 Å². The second-order valence-corrected chi connectivity index (χ2v) is 1.46. The summed E-state index contributed by atoms with van der Waals surface area (Å²) in [6.07, 6.45) is 0.345. The molecule has 0 saturated carbocycles. The Labute approximate surface area is 54.1 Å². The maximum absolute atomic E-state index is 10.3. The molecule has 0 bridgehead atoms. The van der Waals surface area contributed by atoms with Gasteiger partial charge in [-0.15, -0.1) is 0 Å². The minimum absolute atomic E-state index is 0.542. The summed E-state index contributed by atoms with van der Waals surface area (Å²) in [5.74, 6) is 0. The first-order valence-electron chi connectivity index (χ1n) is 2.79. The van der Waals surface area contributed by atoms with Crippen LogP contribution in [0.5, 0.6) is 0 Å². The lowest BCUT2D eigenvalue weighted by Crippen LogP contribution is -2.24. The van der Waals surface area contributed by atoms with Gasteiger partial charge in [-0.2, -0.15) is 4.89 Å². The zero-order valence-electron chi connectivity index (χ0n) is 5.64. The number of hydrogen-bond donors (Lipinski definition) is 1. The van der Waals surface area contributed by atoms with Crippen LogP contribution in [0.3, 0.4) is 0 Å². The van der Waals surface area contributed by atoms with Gasteiger partial charge >= 0.3 is 6.09 Å². The molecule has 0 aromatic heterocycles. The predicted molar refractivity (Wildman–Crippen MR) is 31.8 cm³/mol. The Bertz CT molecular complexity index is 84.3. The molecule has 0 aromatic rings. The molecule has 4 nitrogen and oxygen atoms in total. The van der Waals surface area contributed by atoms with E-state index in [1.807, 2.05) is 6.92 Å². The van der Waals surface area contributed by atoms with Crippen LogP contribution in [0.4, 0.5) is 4.79 Å². The molecule has 0 saturated heterocycles. The van der Waals surface area contributed by atoms with E-state index in [1.54, 1.807) is 0 Å². The van der Waals surface area contributed by atoms with E-state index in [4.69, 9.17) is 0 Å². The van der Waals surface area contributed by atoms with Crippen LogP contribution >= 0.6 is 0 Å². The molecule has 0 aliphatic carbocycles. The molecule has 0 aromatic carbocycles. The lowest BCUT2D eigenvalue weighted by molar-refractivity contribution is -0.212. The van der Waals surface area contributed by atoms with Gasteiger partial charge in [0.15, 0.2) is 0 Å². The van der Waals surface area contributed by atoms with E-state index < -0.39 is 6.09 Å². The SMILES string of the molecule is CCCNC(=O)OOC. The Morgan fingerprint density at radius 1 is 1.67 bits per heavy atom. The Morgan fingerprint density at radius 2 is 2.33 bits per heavy atom. The summed E-state index contributed by atoms with van der Waals surface area (Å²) in [4.78, 5) is 18.5. The number of carbonyl (C=O) groups excluding carboxylic acids is 1. The summed E-state index contributed by atoms with van der Waals surface area (Å²) in [6, 6.07) is 0. The largest absolute Gasteiger partial charge is 0.438 e. The van der Waals surface area contributed by atoms with Crippen molar-refractivity contribution in [3.8, 4) is 0 Å². The van der Waals surface area contributed by atoms with Crippen LogP contribution in [0.2, 0.25) is 0 Å². The fourth-order valence-electron chi connectivity index (χ4n) is 0.332. The number of amides is 1. The minimum atomic E-state index is -0.542. The monoisotopic (exact) mass is 133 g/mol. The van der Waals surface area contributed by atoms with Gasteiger partial charge in [-0.1, -0.05) is 6.92 Å². The minimum Gasteiger partial charge on any atom is -0.319 e. The highest BCUT2D eigenvalue weighted by Crippen LogP contribution is 1.76. The maximum atomic E-state index is 10.3. The zero-order chi connectivity index (χ0) is 7.11. The van der Waals surface area contributed by atoms with Gasteiger partial charge in [-0.3, -0.25) is 4.89 Å². The van der Waals surface area contributed by atoms with E-state index in [1.165, 1.54) is 7.11 Å². The lowest BCUT2D eigenvalue weighted by atomic mass is 10.5. The first-order valence-corrected chi connectivity index (χ1v) is 2.79. The molecule has 9 heavy (non-hydrogen) atoms. The summed E-state index contributed by atoms with van der Waals surface area (Å²) in [7, 11) is 1.28. The number of carbonyl (C=O) groups is 1. The molecular formula is C5H11NO3. The molecule has 0 aliphatic rings. The van der Waals surface area contributed by atoms with Crippen LogP contribution in [0.1, 0.15) is 13.3 Å². The van der Waals surface area contributed by atoms with Crippen LogP contribution < -0.4 is 5.32 Å². The Morgan fingerprint density at radius 3 is 2.78 bits per heavy atom. The van der Waals surface area contributed by atoms with Gasteiger partial charge < -0.3 is 5.32 Å². The van der Waals surface area contributed by atoms with Gasteiger partial charge in [-0.05, 0) is 6.42 Å². The fourth-order valence-corrected chi connectivity index (χ4v) is 0.332. The number of nitrogens with one attached hydrogen (secondary N) is 1. The van der Waals surface area contributed by atoms with Gasteiger partial charge in [0.1, 0.15) is 0 Å². The second kappa shape index (κ2) is 5.37. The first-order chi connectivity index (χ1) is 4.31. The Balaban J connectivity index is 3.06. The number of rotatable bonds is 3. The standard InChI is InChI=1S/C5H11NO3/c1-3-4-6-5(7)9-8-2/h3-4H2,1-2H3,(H,6,7). The average Bonchev–Trinajstić information content (AvgIpc) is 1.85. The summed E-state index contributed by atoms with van der Waals surface area (Å²) < 4.78 is 0. The van der Waals surface area contributed by atoms with E-state index >= 15 is 0 Å². The molecule has 0 fully saturated rings. The third kappa shape index (κ3) is 5.10. The van der Waals surface area contributed by atoms with E-state index in [0.717, 1.165) is 6.42 Å². The van der Waals surface area contributed by atoms with Crippen molar-refractivity contribution >= 4 is 6.09 Å². The second-order valence-electron chi connectivity index (χ2n) is 1.46. The molecule has 0 rings (SSSR count). The smallest absolute Gasteiger partial charge is 0.319 e. The van der Waals surface area contributed by atoms with E-state index in [0.29, 0.717) is 6.54 Å². The van der Waals surface area contributed by atoms with Crippen molar-refractivity contribution in [1.82, 2.24) is 5.32 Å². The van der Waals surface area contributed by atoms with E-state index in [9.17, 15) is 4.79 Å². The Hall–Kier alpha value is -0.770. The van der Waals surface area contributed by atoms with Crippen LogP contribution in [-0.4, -0.2) is 19.7 Å². The third-order valence-corrected chi connectivity index (χ3v) is 0.678. The van der Waals surface area contributed by atoms with E-state index in [-0.39, 0.29) is 0 Å². The van der Waals surface area contributed by atoms with Crippen molar-refractivity contribution in [2.24, 2.45) is 0 Å². The molecule has 1 N–H and O–H groups in total. The molecular weight excluding hydrogens is 122 g/mol. The molecule has 0 aliphatic heterocycles. The molecule has 0 atom stereocenters. The topological polar surface area (TPSA) is 47.6 Å². The van der Waals surface area contributed by atoms with Gasteiger partial charge in [0.05, 0.1) is 7.11 Å². The van der Waals surface area contributed by atoms with Crippen LogP contribution in [0.15, 0.2) is 0 Å². The van der Waals surface area contributed by atoms with Crippen LogP contribution in [0, 0.1) is 0 Å². The summed E-state index contributed by atoms with van der Waals surface area (Å²) in [6.45, 7) is 2.56. The van der Waals surface area contributed by atoms with Crippen molar-refractivity contribution in [2.75, 3.05) is 13.7 Å². The number of hydrogen-bond acceptors (Lipinski definition) is 3. The quantitative estimate of drug-likeness (QED) is 0.455.